The van der Waals surface area contributed by atoms with E-state index in [2.05, 4.69) is 0 Å². The number of furan rings is 1. The highest BCUT2D eigenvalue weighted by Gasteiger charge is 2.11. The van der Waals surface area contributed by atoms with Crippen LogP contribution in [0.15, 0.2) is 22.8 Å². The van der Waals surface area contributed by atoms with Crippen LogP contribution < -0.4 is 0 Å². The summed E-state index contributed by atoms with van der Waals surface area (Å²) in [5, 5.41) is 19.1. The van der Waals surface area contributed by atoms with Crippen LogP contribution in [0.2, 0.25) is 0 Å². The summed E-state index contributed by atoms with van der Waals surface area (Å²) in [6, 6.07) is 3.52. The fourth-order valence-electron chi connectivity index (χ4n) is 1.03. The zero-order chi connectivity index (χ0) is 9.68. The van der Waals surface area contributed by atoms with Crippen molar-refractivity contribution in [2.45, 2.75) is 18.9 Å². The Labute approximate surface area is 75.1 Å². The van der Waals surface area contributed by atoms with Gasteiger partial charge in [-0.2, -0.15) is 0 Å². The first kappa shape index (κ1) is 9.73. The summed E-state index contributed by atoms with van der Waals surface area (Å²) in [5.41, 5.74) is 0. The van der Waals surface area contributed by atoms with E-state index in [9.17, 15) is 10.1 Å². The van der Waals surface area contributed by atoms with Gasteiger partial charge in [0.05, 0.1) is 6.26 Å². The van der Waals surface area contributed by atoms with E-state index in [1.54, 1.807) is 12.1 Å². The number of hydrogen-bond acceptors (Lipinski definition) is 4. The molecule has 0 amide bonds. The van der Waals surface area contributed by atoms with Crippen molar-refractivity contribution in [3.05, 3.63) is 34.3 Å². The summed E-state index contributed by atoms with van der Waals surface area (Å²) in [7, 11) is 0. The van der Waals surface area contributed by atoms with Crippen molar-refractivity contribution >= 4 is 0 Å². The number of aliphatic hydroxyl groups is 1. The normalized spacial score (nSPS) is 12.7. The van der Waals surface area contributed by atoms with Crippen LogP contribution in [0.3, 0.4) is 0 Å². The maximum absolute atomic E-state index is 9.99. The average Bonchev–Trinajstić information content (AvgIpc) is 2.51. The van der Waals surface area contributed by atoms with Crippen molar-refractivity contribution in [2.24, 2.45) is 0 Å². The van der Waals surface area contributed by atoms with Crippen molar-refractivity contribution in [1.82, 2.24) is 0 Å². The predicted octanol–water partition coefficient (Wildman–Crippen LogP) is 0.850. The molecule has 0 bridgehead atoms. The number of hydrogen-bond donors (Lipinski definition) is 1. The minimum absolute atomic E-state index is 0.356. The van der Waals surface area contributed by atoms with Crippen LogP contribution >= 0.6 is 0 Å². The molecule has 0 spiro atoms. The van der Waals surface area contributed by atoms with Gasteiger partial charge in [-0.3, -0.25) is 10.1 Å². The second kappa shape index (κ2) is 4.61. The van der Waals surface area contributed by atoms with Gasteiger partial charge < -0.3 is 9.52 Å². The molecule has 13 heavy (non-hydrogen) atoms. The largest absolute Gasteiger partial charge is 0.469 e. The van der Waals surface area contributed by atoms with E-state index in [0.29, 0.717) is 12.8 Å². The van der Waals surface area contributed by atoms with Gasteiger partial charge in [-0.15, -0.1) is 0 Å². The molecular formula is C8H11NO4. The first-order chi connectivity index (χ1) is 6.18. The molecule has 72 valence electrons. The van der Waals surface area contributed by atoms with Crippen LogP contribution in [-0.4, -0.2) is 22.7 Å². The summed E-state index contributed by atoms with van der Waals surface area (Å²) in [5.74, 6) is 0.738. The molecule has 0 radical (unpaired) electrons. The number of nitrogens with zero attached hydrogens (tertiary/aromatic N) is 1. The van der Waals surface area contributed by atoms with Gasteiger partial charge in [0, 0.05) is 11.3 Å². The highest BCUT2D eigenvalue weighted by molar-refractivity contribution is 4.98. The summed E-state index contributed by atoms with van der Waals surface area (Å²) in [4.78, 5) is 9.47. The summed E-state index contributed by atoms with van der Waals surface area (Å²) in [6.45, 7) is -0.402. The minimum atomic E-state index is -0.889. The highest BCUT2D eigenvalue weighted by Crippen LogP contribution is 2.05. The van der Waals surface area contributed by atoms with Gasteiger partial charge in [0.2, 0.25) is 6.54 Å². The quantitative estimate of drug-likeness (QED) is 0.545. The van der Waals surface area contributed by atoms with Crippen molar-refractivity contribution in [3.63, 3.8) is 0 Å². The Kier molecular flexibility index (Phi) is 3.45. The summed E-state index contributed by atoms with van der Waals surface area (Å²) >= 11 is 0. The monoisotopic (exact) mass is 185 g/mol. The smallest absolute Gasteiger partial charge is 0.229 e. The molecule has 0 aliphatic carbocycles. The highest BCUT2D eigenvalue weighted by atomic mass is 16.6. The predicted molar refractivity (Wildman–Crippen MR) is 44.9 cm³/mol. The molecule has 0 aromatic carbocycles. The Morgan fingerprint density at radius 1 is 1.69 bits per heavy atom. The van der Waals surface area contributed by atoms with E-state index < -0.39 is 17.6 Å². The van der Waals surface area contributed by atoms with Crippen LogP contribution in [-0.2, 0) is 6.42 Å². The Morgan fingerprint density at radius 3 is 3.00 bits per heavy atom. The SMILES string of the molecule is O=[N+]([O-])CC(O)CCc1ccco1. The molecule has 0 aliphatic heterocycles. The van der Waals surface area contributed by atoms with E-state index in [1.165, 1.54) is 6.26 Å². The molecule has 0 saturated heterocycles. The Balaban J connectivity index is 2.22. The first-order valence-corrected chi connectivity index (χ1v) is 4.00. The third-order valence-electron chi connectivity index (χ3n) is 1.66. The minimum Gasteiger partial charge on any atom is -0.469 e. The summed E-state index contributed by atoms with van der Waals surface area (Å²) < 4.78 is 5.01. The fourth-order valence-corrected chi connectivity index (χ4v) is 1.03. The number of rotatable bonds is 5. The molecule has 1 atom stereocenters. The van der Waals surface area contributed by atoms with Crippen LogP contribution in [0.5, 0.6) is 0 Å². The van der Waals surface area contributed by atoms with Crippen molar-refractivity contribution < 1.29 is 14.4 Å². The van der Waals surface area contributed by atoms with E-state index in [1.807, 2.05) is 0 Å². The van der Waals surface area contributed by atoms with Crippen LogP contribution in [0, 0.1) is 10.1 Å². The van der Waals surface area contributed by atoms with Crippen molar-refractivity contribution in [3.8, 4) is 0 Å². The molecule has 1 aromatic heterocycles. The molecule has 0 saturated carbocycles. The van der Waals surface area contributed by atoms with Gasteiger partial charge in [0.15, 0.2) is 0 Å². The average molecular weight is 185 g/mol. The molecule has 0 aliphatic rings. The fraction of sp³-hybridized carbons (Fsp3) is 0.500. The number of aryl methyl sites for hydroxylation is 1. The second-order valence-electron chi connectivity index (χ2n) is 2.79. The zero-order valence-electron chi connectivity index (χ0n) is 7.05. The van der Waals surface area contributed by atoms with Gasteiger partial charge in [-0.05, 0) is 18.6 Å². The van der Waals surface area contributed by atoms with Crippen molar-refractivity contribution in [1.29, 1.82) is 0 Å². The molecule has 1 N–H and O–H groups in total. The lowest BCUT2D eigenvalue weighted by Gasteiger charge is -2.03. The summed E-state index contributed by atoms with van der Waals surface area (Å²) in [6.07, 6.45) is 1.53. The third kappa shape index (κ3) is 3.71. The van der Waals surface area contributed by atoms with Gasteiger partial charge in [0.1, 0.15) is 11.9 Å². The second-order valence-corrected chi connectivity index (χ2v) is 2.79. The van der Waals surface area contributed by atoms with Gasteiger partial charge >= 0.3 is 0 Å². The Bertz CT molecular complexity index is 257. The van der Waals surface area contributed by atoms with Gasteiger partial charge in [-0.1, -0.05) is 0 Å². The molecule has 1 rings (SSSR count). The molecule has 5 heteroatoms. The first-order valence-electron chi connectivity index (χ1n) is 4.00. The molecule has 1 heterocycles. The van der Waals surface area contributed by atoms with Gasteiger partial charge in [-0.25, -0.2) is 0 Å². The standard InChI is InChI=1S/C8H11NO4/c10-7(6-9(11)12)3-4-8-2-1-5-13-8/h1-2,5,7,10H,3-4,6H2. The lowest BCUT2D eigenvalue weighted by molar-refractivity contribution is -0.490. The topological polar surface area (TPSA) is 76.5 Å². The molecular weight excluding hydrogens is 174 g/mol. The van der Waals surface area contributed by atoms with E-state index in [-0.39, 0.29) is 0 Å². The molecule has 0 fully saturated rings. The van der Waals surface area contributed by atoms with Gasteiger partial charge in [0.25, 0.3) is 0 Å². The number of nitro groups is 1. The molecule has 1 aromatic rings. The van der Waals surface area contributed by atoms with Crippen LogP contribution in [0.1, 0.15) is 12.2 Å². The van der Waals surface area contributed by atoms with Crippen LogP contribution in [0.4, 0.5) is 0 Å². The Morgan fingerprint density at radius 2 is 2.46 bits per heavy atom. The lowest BCUT2D eigenvalue weighted by atomic mass is 10.2. The molecule has 5 nitrogen and oxygen atoms in total. The molecule has 1 unspecified atom stereocenters. The maximum Gasteiger partial charge on any atom is 0.229 e. The van der Waals surface area contributed by atoms with E-state index in [0.717, 1.165) is 5.76 Å². The Hall–Kier alpha value is -1.36. The van der Waals surface area contributed by atoms with Crippen LogP contribution in [0.25, 0.3) is 0 Å². The zero-order valence-corrected chi connectivity index (χ0v) is 7.05. The maximum atomic E-state index is 9.99. The van der Waals surface area contributed by atoms with E-state index in [4.69, 9.17) is 9.52 Å². The third-order valence-corrected chi connectivity index (χ3v) is 1.66. The van der Waals surface area contributed by atoms with Crippen molar-refractivity contribution in [2.75, 3.05) is 6.54 Å². The lowest BCUT2D eigenvalue weighted by Crippen LogP contribution is -2.19. The van der Waals surface area contributed by atoms with E-state index >= 15 is 0 Å². The number of aliphatic hydroxyl groups excluding tert-OH is 1.